The summed E-state index contributed by atoms with van der Waals surface area (Å²) in [5.41, 5.74) is 2.52. The Labute approximate surface area is 165 Å². The van der Waals surface area contributed by atoms with E-state index in [9.17, 15) is 9.18 Å². The van der Waals surface area contributed by atoms with Gasteiger partial charge in [0, 0.05) is 20.6 Å². The predicted octanol–water partition coefficient (Wildman–Crippen LogP) is 2.47. The van der Waals surface area contributed by atoms with E-state index in [0.717, 1.165) is 16.9 Å². The lowest BCUT2D eigenvalue weighted by Gasteiger charge is -2.15. The van der Waals surface area contributed by atoms with E-state index >= 15 is 0 Å². The topological polar surface area (TPSA) is 66.0 Å². The number of rotatable bonds is 7. The largest absolute Gasteiger partial charge is 0.497 e. The molecule has 0 heterocycles. The van der Waals surface area contributed by atoms with E-state index in [0.29, 0.717) is 24.6 Å². The zero-order valence-electron chi connectivity index (χ0n) is 16.8. The van der Waals surface area contributed by atoms with Gasteiger partial charge in [-0.2, -0.15) is 0 Å². The number of aliphatic imine (C=N–C) groups is 1. The molecule has 0 aromatic heterocycles. The number of benzene rings is 2. The van der Waals surface area contributed by atoms with Crippen molar-refractivity contribution in [3.8, 4) is 5.75 Å². The molecular weight excluding hydrogens is 359 g/mol. The van der Waals surface area contributed by atoms with Crippen LogP contribution in [0.15, 0.2) is 47.5 Å². The van der Waals surface area contributed by atoms with Crippen molar-refractivity contribution in [2.75, 3.05) is 27.7 Å². The monoisotopic (exact) mass is 386 g/mol. The Hall–Kier alpha value is -3.09. The third-order valence-electron chi connectivity index (χ3n) is 4.17. The van der Waals surface area contributed by atoms with Gasteiger partial charge >= 0.3 is 0 Å². The molecule has 7 heteroatoms. The zero-order chi connectivity index (χ0) is 20.5. The number of methoxy groups -OCH3 is 1. The van der Waals surface area contributed by atoms with Crippen molar-refractivity contribution >= 4 is 11.9 Å². The number of aryl methyl sites for hydroxylation is 1. The molecule has 0 fully saturated rings. The normalized spacial score (nSPS) is 11.1. The fourth-order valence-electron chi connectivity index (χ4n) is 2.40. The molecule has 0 spiro atoms. The van der Waals surface area contributed by atoms with Crippen molar-refractivity contribution in [1.29, 1.82) is 0 Å². The summed E-state index contributed by atoms with van der Waals surface area (Å²) in [6.07, 6.45) is 0. The Morgan fingerprint density at radius 2 is 1.79 bits per heavy atom. The van der Waals surface area contributed by atoms with Crippen molar-refractivity contribution in [1.82, 2.24) is 15.5 Å². The van der Waals surface area contributed by atoms with Gasteiger partial charge in [0.05, 0.1) is 20.2 Å². The SMILES string of the molecule is COc1ccc(CNC(=NCc2ccc(F)c(C)c2)NCC(=O)N(C)C)cc1. The minimum atomic E-state index is -0.236. The van der Waals surface area contributed by atoms with Crippen LogP contribution in [0.5, 0.6) is 5.75 Å². The van der Waals surface area contributed by atoms with E-state index < -0.39 is 0 Å². The zero-order valence-corrected chi connectivity index (χ0v) is 16.8. The summed E-state index contributed by atoms with van der Waals surface area (Å²) in [6, 6.07) is 12.6. The smallest absolute Gasteiger partial charge is 0.241 e. The average Bonchev–Trinajstić information content (AvgIpc) is 2.69. The molecule has 0 saturated carbocycles. The summed E-state index contributed by atoms with van der Waals surface area (Å²) in [5.74, 6) is 1.00. The summed E-state index contributed by atoms with van der Waals surface area (Å²) >= 11 is 0. The van der Waals surface area contributed by atoms with Crippen LogP contribution in [0, 0.1) is 12.7 Å². The minimum absolute atomic E-state index is 0.0587. The Morgan fingerprint density at radius 3 is 2.39 bits per heavy atom. The molecule has 0 atom stereocenters. The van der Waals surface area contributed by atoms with Crippen LogP contribution in [-0.4, -0.2) is 44.5 Å². The van der Waals surface area contributed by atoms with Crippen molar-refractivity contribution in [2.24, 2.45) is 4.99 Å². The highest BCUT2D eigenvalue weighted by atomic mass is 19.1. The molecule has 150 valence electrons. The number of hydrogen-bond acceptors (Lipinski definition) is 3. The summed E-state index contributed by atoms with van der Waals surface area (Å²) in [5, 5.41) is 6.26. The number of nitrogens with one attached hydrogen (secondary N) is 2. The van der Waals surface area contributed by atoms with Crippen LogP contribution in [0.25, 0.3) is 0 Å². The van der Waals surface area contributed by atoms with E-state index in [2.05, 4.69) is 15.6 Å². The molecule has 6 nitrogen and oxygen atoms in total. The van der Waals surface area contributed by atoms with E-state index in [1.807, 2.05) is 24.3 Å². The van der Waals surface area contributed by atoms with E-state index in [1.165, 1.54) is 11.0 Å². The first-order valence-corrected chi connectivity index (χ1v) is 8.99. The molecule has 0 unspecified atom stereocenters. The number of hydrogen-bond donors (Lipinski definition) is 2. The first-order chi connectivity index (χ1) is 13.4. The third-order valence-corrected chi connectivity index (χ3v) is 4.17. The van der Waals surface area contributed by atoms with Gasteiger partial charge in [-0.05, 0) is 41.8 Å². The first kappa shape index (κ1) is 21.2. The van der Waals surface area contributed by atoms with Gasteiger partial charge < -0.3 is 20.3 Å². The van der Waals surface area contributed by atoms with Gasteiger partial charge in [0.2, 0.25) is 5.91 Å². The Balaban J connectivity index is 2.05. The standard InChI is InChI=1S/C21H27FN4O2/c1-15-11-17(7-10-19(15)22)13-24-21(25-14-20(27)26(2)3)23-12-16-5-8-18(28-4)9-6-16/h5-11H,12-14H2,1-4H3,(H2,23,24,25). The molecule has 0 radical (unpaired) electrons. The Morgan fingerprint density at radius 1 is 1.11 bits per heavy atom. The second-order valence-electron chi connectivity index (χ2n) is 6.59. The number of amides is 1. The molecular formula is C21H27FN4O2. The van der Waals surface area contributed by atoms with Crippen LogP contribution in [0.3, 0.4) is 0 Å². The van der Waals surface area contributed by atoms with Gasteiger partial charge in [-0.25, -0.2) is 9.38 Å². The number of carbonyl (C=O) groups is 1. The molecule has 2 aromatic carbocycles. The van der Waals surface area contributed by atoms with E-state index in [1.54, 1.807) is 40.3 Å². The van der Waals surface area contributed by atoms with E-state index in [4.69, 9.17) is 4.74 Å². The van der Waals surface area contributed by atoms with Gasteiger partial charge in [-0.3, -0.25) is 4.79 Å². The van der Waals surface area contributed by atoms with Crippen molar-refractivity contribution < 1.29 is 13.9 Å². The maximum absolute atomic E-state index is 13.4. The lowest BCUT2D eigenvalue weighted by molar-refractivity contribution is -0.127. The fraction of sp³-hybridized carbons (Fsp3) is 0.333. The maximum atomic E-state index is 13.4. The maximum Gasteiger partial charge on any atom is 0.241 e. The van der Waals surface area contributed by atoms with Gasteiger partial charge in [0.25, 0.3) is 0 Å². The number of carbonyl (C=O) groups excluding carboxylic acids is 1. The van der Waals surface area contributed by atoms with Crippen LogP contribution in [-0.2, 0) is 17.9 Å². The average molecular weight is 386 g/mol. The summed E-state index contributed by atoms with van der Waals surface area (Å²) in [7, 11) is 5.03. The number of guanidine groups is 1. The molecule has 0 aliphatic heterocycles. The van der Waals surface area contributed by atoms with Crippen molar-refractivity contribution in [3.05, 3.63) is 65.0 Å². The molecule has 28 heavy (non-hydrogen) atoms. The Bertz CT molecular complexity index is 820. The van der Waals surface area contributed by atoms with Crippen LogP contribution in [0.4, 0.5) is 4.39 Å². The number of nitrogens with zero attached hydrogens (tertiary/aromatic N) is 2. The van der Waals surface area contributed by atoms with Gasteiger partial charge in [0.1, 0.15) is 11.6 Å². The molecule has 0 aliphatic rings. The molecule has 2 rings (SSSR count). The molecule has 0 aliphatic carbocycles. The summed E-state index contributed by atoms with van der Waals surface area (Å²) in [4.78, 5) is 17.9. The minimum Gasteiger partial charge on any atom is -0.497 e. The molecule has 2 N–H and O–H groups in total. The van der Waals surface area contributed by atoms with Crippen molar-refractivity contribution in [3.63, 3.8) is 0 Å². The lowest BCUT2D eigenvalue weighted by atomic mass is 10.1. The van der Waals surface area contributed by atoms with Crippen LogP contribution in [0.2, 0.25) is 0 Å². The third kappa shape index (κ3) is 6.57. The second kappa shape index (κ2) is 10.3. The lowest BCUT2D eigenvalue weighted by Crippen LogP contribution is -2.42. The summed E-state index contributed by atoms with van der Waals surface area (Å²) < 4.78 is 18.6. The first-order valence-electron chi connectivity index (χ1n) is 8.99. The van der Waals surface area contributed by atoms with Gasteiger partial charge in [-0.15, -0.1) is 0 Å². The number of halogens is 1. The molecule has 2 aromatic rings. The van der Waals surface area contributed by atoms with Crippen LogP contribution < -0.4 is 15.4 Å². The van der Waals surface area contributed by atoms with E-state index in [-0.39, 0.29) is 18.3 Å². The fourth-order valence-corrected chi connectivity index (χ4v) is 2.40. The number of likely N-dealkylation sites (N-methyl/N-ethyl adjacent to an activating group) is 1. The molecule has 0 bridgehead atoms. The van der Waals surface area contributed by atoms with Gasteiger partial charge in [0.15, 0.2) is 5.96 Å². The highest BCUT2D eigenvalue weighted by Gasteiger charge is 2.07. The number of ether oxygens (including phenoxy) is 1. The second-order valence-corrected chi connectivity index (χ2v) is 6.59. The molecule has 1 amide bonds. The quantitative estimate of drug-likeness (QED) is 0.567. The highest BCUT2D eigenvalue weighted by molar-refractivity contribution is 5.86. The van der Waals surface area contributed by atoms with Crippen LogP contribution >= 0.6 is 0 Å². The molecule has 0 saturated heterocycles. The highest BCUT2D eigenvalue weighted by Crippen LogP contribution is 2.11. The van der Waals surface area contributed by atoms with Crippen LogP contribution in [0.1, 0.15) is 16.7 Å². The summed E-state index contributed by atoms with van der Waals surface area (Å²) in [6.45, 7) is 2.76. The van der Waals surface area contributed by atoms with Crippen molar-refractivity contribution in [2.45, 2.75) is 20.0 Å². The predicted molar refractivity (Wildman–Crippen MR) is 109 cm³/mol. The van der Waals surface area contributed by atoms with Gasteiger partial charge in [-0.1, -0.05) is 24.3 Å². The Kier molecular flexibility index (Phi) is 7.80.